The van der Waals surface area contributed by atoms with Crippen molar-refractivity contribution in [3.05, 3.63) is 105 Å². The minimum absolute atomic E-state index is 1.00. The highest BCUT2D eigenvalue weighted by Gasteiger charge is 2.07. The largest absolute Gasteiger partial charge is 0.108 e. The molecule has 0 nitrogen and oxygen atoms in total. The number of hydrogen-bond donors (Lipinski definition) is 0. The van der Waals surface area contributed by atoms with Gasteiger partial charge in [0.15, 0.2) is 0 Å². The van der Waals surface area contributed by atoms with Gasteiger partial charge in [-0.05, 0) is 83.5 Å². The molecule has 3 aromatic rings. The zero-order valence-electron chi connectivity index (χ0n) is 19.1. The van der Waals surface area contributed by atoms with Gasteiger partial charge in [0.2, 0.25) is 0 Å². The maximum atomic E-state index is 4.01. The van der Waals surface area contributed by atoms with Gasteiger partial charge in [0.1, 0.15) is 0 Å². The highest BCUT2D eigenvalue weighted by Crippen LogP contribution is 2.22. The van der Waals surface area contributed by atoms with Gasteiger partial charge in [-0.15, -0.1) is 8.20 Å². The summed E-state index contributed by atoms with van der Waals surface area (Å²) >= 11 is 0. The van der Waals surface area contributed by atoms with E-state index in [9.17, 15) is 0 Å². The molecule has 0 fully saturated rings. The topological polar surface area (TPSA) is 0 Å². The second-order valence-electron chi connectivity index (χ2n) is 8.44. The van der Waals surface area contributed by atoms with Crippen LogP contribution in [0.3, 0.4) is 0 Å². The van der Waals surface area contributed by atoms with Gasteiger partial charge in [0.25, 0.3) is 0 Å². The lowest BCUT2D eigenvalue weighted by molar-refractivity contribution is 1.05. The third-order valence-corrected chi connectivity index (χ3v) is 6.35. The first-order valence-electron chi connectivity index (χ1n) is 11.3. The first-order valence-corrected chi connectivity index (χ1v) is 12.5. The fourth-order valence-corrected chi connectivity index (χ4v) is 4.78. The van der Waals surface area contributed by atoms with Gasteiger partial charge >= 0.3 is 0 Å². The van der Waals surface area contributed by atoms with E-state index in [0.29, 0.717) is 0 Å². The molecular formula is C29H35P. The van der Waals surface area contributed by atoms with Crippen molar-refractivity contribution in [2.75, 3.05) is 0 Å². The Morgan fingerprint density at radius 1 is 0.533 bits per heavy atom. The normalized spacial score (nSPS) is 11.2. The molecule has 0 heterocycles. The van der Waals surface area contributed by atoms with E-state index in [0.717, 1.165) is 38.3 Å². The molecule has 0 amide bonds. The smallest absolute Gasteiger partial charge is 0.0140 e. The average Bonchev–Trinajstić information content (AvgIpc) is 2.73. The molecule has 0 N–H and O–H groups in total. The van der Waals surface area contributed by atoms with E-state index in [1.807, 2.05) is 0 Å². The van der Waals surface area contributed by atoms with Crippen molar-refractivity contribution < 1.29 is 0 Å². The van der Waals surface area contributed by atoms with Gasteiger partial charge in [0, 0.05) is 6.16 Å². The van der Waals surface area contributed by atoms with Crippen LogP contribution in [-0.4, -0.2) is 6.30 Å². The van der Waals surface area contributed by atoms with Crippen molar-refractivity contribution in [2.45, 2.75) is 66.0 Å². The van der Waals surface area contributed by atoms with Crippen LogP contribution in [0, 0.1) is 6.92 Å². The van der Waals surface area contributed by atoms with E-state index in [-0.39, 0.29) is 0 Å². The summed E-state index contributed by atoms with van der Waals surface area (Å²) in [6.07, 6.45) is 10.3. The molecule has 1 heteroatoms. The standard InChI is InChI=1S/C29H35P/c1-6-22-9-21(4)10-25(11-22)16-26-12-23(7-2)13-27(17-26)18-28-14-24(8-3)15-29(19-28)20-30-5/h9-15,17,19H,5-8,16,18,20H2,1-4H3. The Morgan fingerprint density at radius 2 is 0.867 bits per heavy atom. The molecule has 0 saturated heterocycles. The Hall–Kier alpha value is -2.17. The quantitative estimate of drug-likeness (QED) is 0.314. The molecule has 3 rings (SSSR count). The molecule has 0 aromatic heterocycles. The van der Waals surface area contributed by atoms with E-state index < -0.39 is 0 Å². The SMILES string of the molecule is C=PCc1cc(CC)cc(Cc2cc(CC)cc(Cc3cc(C)cc(CC)c3)c2)c1. The Balaban J connectivity index is 1.91. The molecule has 0 unspecified atom stereocenters. The van der Waals surface area contributed by atoms with Crippen molar-refractivity contribution in [3.63, 3.8) is 0 Å². The maximum absolute atomic E-state index is 4.01. The fourth-order valence-electron chi connectivity index (χ4n) is 4.34. The predicted molar refractivity (Wildman–Crippen MR) is 136 cm³/mol. The summed E-state index contributed by atoms with van der Waals surface area (Å²) < 4.78 is 0. The molecule has 30 heavy (non-hydrogen) atoms. The zero-order valence-corrected chi connectivity index (χ0v) is 20.0. The summed E-state index contributed by atoms with van der Waals surface area (Å²) in [5, 5.41) is 0. The monoisotopic (exact) mass is 414 g/mol. The molecule has 156 valence electrons. The summed E-state index contributed by atoms with van der Waals surface area (Å²) in [6.45, 7) is 8.95. The Kier molecular flexibility index (Phi) is 8.06. The molecule has 0 saturated carbocycles. The van der Waals surface area contributed by atoms with Gasteiger partial charge in [-0.2, -0.15) is 0 Å². The molecule has 0 aliphatic carbocycles. The summed E-state index contributed by atoms with van der Waals surface area (Å²) in [5.41, 5.74) is 12.8. The Bertz CT molecular complexity index is 1010. The molecule has 0 spiro atoms. The Morgan fingerprint density at radius 3 is 1.33 bits per heavy atom. The van der Waals surface area contributed by atoms with Crippen molar-refractivity contribution in [2.24, 2.45) is 0 Å². The first-order chi connectivity index (χ1) is 14.5. The molecule has 0 radical (unpaired) electrons. The first kappa shape index (κ1) is 22.5. The molecular weight excluding hydrogens is 379 g/mol. The highest BCUT2D eigenvalue weighted by molar-refractivity contribution is 7.35. The van der Waals surface area contributed by atoms with Gasteiger partial charge in [-0.1, -0.05) is 87.2 Å². The van der Waals surface area contributed by atoms with Crippen molar-refractivity contribution in [3.8, 4) is 0 Å². The summed E-state index contributed by atoms with van der Waals surface area (Å²) in [4.78, 5) is 0. The lowest BCUT2D eigenvalue weighted by Gasteiger charge is -2.12. The van der Waals surface area contributed by atoms with Crippen LogP contribution >= 0.6 is 8.20 Å². The van der Waals surface area contributed by atoms with Crippen LogP contribution in [0.1, 0.15) is 70.8 Å². The Labute approximate surface area is 185 Å². The van der Waals surface area contributed by atoms with Crippen LogP contribution < -0.4 is 0 Å². The number of hydrogen-bond acceptors (Lipinski definition) is 0. The summed E-state index contributed by atoms with van der Waals surface area (Å²) in [5.74, 6) is 0. The van der Waals surface area contributed by atoms with Gasteiger partial charge in [0.05, 0.1) is 0 Å². The molecule has 0 aliphatic rings. The number of rotatable bonds is 9. The lowest BCUT2D eigenvalue weighted by atomic mass is 9.93. The second-order valence-corrected chi connectivity index (χ2v) is 9.20. The van der Waals surface area contributed by atoms with E-state index in [4.69, 9.17) is 0 Å². The van der Waals surface area contributed by atoms with Crippen LogP contribution in [0.25, 0.3) is 0 Å². The van der Waals surface area contributed by atoms with Crippen LogP contribution in [0.4, 0.5) is 0 Å². The third-order valence-electron chi connectivity index (χ3n) is 5.76. The van der Waals surface area contributed by atoms with Crippen molar-refractivity contribution in [1.82, 2.24) is 0 Å². The van der Waals surface area contributed by atoms with Crippen LogP contribution in [0.15, 0.2) is 54.6 Å². The van der Waals surface area contributed by atoms with E-state index in [1.165, 1.54) is 58.3 Å². The summed E-state index contributed by atoms with van der Waals surface area (Å²) in [7, 11) is 1.19. The average molecular weight is 415 g/mol. The molecule has 0 aliphatic heterocycles. The van der Waals surface area contributed by atoms with Gasteiger partial charge in [-0.3, -0.25) is 0 Å². The van der Waals surface area contributed by atoms with Gasteiger partial charge in [-0.25, -0.2) is 0 Å². The van der Waals surface area contributed by atoms with Crippen LogP contribution in [0.2, 0.25) is 0 Å². The minimum atomic E-state index is 1.00. The highest BCUT2D eigenvalue weighted by atomic mass is 31.1. The molecule has 0 bridgehead atoms. The van der Waals surface area contributed by atoms with Crippen molar-refractivity contribution in [1.29, 1.82) is 0 Å². The summed E-state index contributed by atoms with van der Waals surface area (Å²) in [6, 6.07) is 21.3. The third kappa shape index (κ3) is 6.16. The predicted octanol–water partition coefficient (Wildman–Crippen LogP) is 7.74. The zero-order chi connectivity index (χ0) is 21.5. The molecule has 0 atom stereocenters. The molecule has 3 aromatic carbocycles. The number of aryl methyl sites for hydroxylation is 4. The van der Waals surface area contributed by atoms with E-state index in [1.54, 1.807) is 0 Å². The van der Waals surface area contributed by atoms with Gasteiger partial charge < -0.3 is 0 Å². The van der Waals surface area contributed by atoms with E-state index in [2.05, 4.69) is 88.6 Å². The maximum Gasteiger partial charge on any atom is 0.0140 e. The fraction of sp³-hybridized carbons (Fsp3) is 0.345. The van der Waals surface area contributed by atoms with Crippen LogP contribution in [-0.2, 0) is 38.3 Å². The second kappa shape index (κ2) is 10.7. The minimum Gasteiger partial charge on any atom is -0.108 e. The van der Waals surface area contributed by atoms with Crippen LogP contribution in [0.5, 0.6) is 0 Å². The lowest BCUT2D eigenvalue weighted by Crippen LogP contribution is -1.98. The number of benzene rings is 3. The van der Waals surface area contributed by atoms with Crippen molar-refractivity contribution >= 4 is 14.5 Å². The van der Waals surface area contributed by atoms with E-state index >= 15 is 0 Å².